The number of carbonyl (C=O) groups excluding carboxylic acids is 3. The van der Waals surface area contributed by atoms with Crippen LogP contribution in [0.5, 0.6) is 5.75 Å². The van der Waals surface area contributed by atoms with Gasteiger partial charge in [0, 0.05) is 66.0 Å². The second-order valence-electron chi connectivity index (χ2n) is 12.0. The molecule has 2 aliphatic rings. The van der Waals surface area contributed by atoms with Crippen LogP contribution in [0.2, 0.25) is 0 Å². The van der Waals surface area contributed by atoms with Gasteiger partial charge in [-0.2, -0.15) is 11.8 Å². The Hall–Kier alpha value is -5.64. The minimum Gasteiger partial charge on any atom is -0.496 e. The van der Waals surface area contributed by atoms with E-state index in [0.29, 0.717) is 42.8 Å². The van der Waals surface area contributed by atoms with Gasteiger partial charge in [0.25, 0.3) is 17.3 Å². The lowest BCUT2D eigenvalue weighted by Gasteiger charge is -2.27. The first-order valence-corrected chi connectivity index (χ1v) is 17.1. The lowest BCUT2D eigenvalue weighted by atomic mass is 10.1. The van der Waals surface area contributed by atoms with E-state index >= 15 is 0 Å². The minimum absolute atomic E-state index is 0.0464. The zero-order valence-corrected chi connectivity index (χ0v) is 28.6. The quantitative estimate of drug-likeness (QED) is 0.132. The SMILES string of the molecule is C=C(C(=O)N1CCC(NC(=O)OCc2ccc([N+](=O)[O-])cc2)C1)[C@@H]1C[C@H](SCc2ccccc2OC)CN1C(=O)OCc1ccc([N+](=O)[O-])cc1. The highest BCUT2D eigenvalue weighted by atomic mass is 32.2. The Bertz CT molecular complexity index is 1770. The Morgan fingerprint density at radius 1 is 0.902 bits per heavy atom. The van der Waals surface area contributed by atoms with Gasteiger partial charge in [-0.25, -0.2) is 9.59 Å². The minimum atomic E-state index is -0.681. The van der Waals surface area contributed by atoms with Crippen LogP contribution in [0, 0.1) is 20.2 Å². The van der Waals surface area contributed by atoms with Gasteiger partial charge in [0.15, 0.2) is 0 Å². The largest absolute Gasteiger partial charge is 0.496 e. The van der Waals surface area contributed by atoms with E-state index in [1.165, 1.54) is 53.4 Å². The highest BCUT2D eigenvalue weighted by molar-refractivity contribution is 7.99. The van der Waals surface area contributed by atoms with Gasteiger partial charge in [-0.3, -0.25) is 29.9 Å². The number of nitrogens with zero attached hydrogens (tertiary/aromatic N) is 4. The average molecular weight is 720 g/mol. The summed E-state index contributed by atoms with van der Waals surface area (Å²) >= 11 is 1.63. The molecule has 3 amide bonds. The van der Waals surface area contributed by atoms with Gasteiger partial charge in [0.05, 0.1) is 29.0 Å². The number of rotatable bonds is 13. The molecule has 0 aliphatic carbocycles. The van der Waals surface area contributed by atoms with Crippen LogP contribution in [-0.2, 0) is 33.2 Å². The fourth-order valence-electron chi connectivity index (χ4n) is 5.90. The van der Waals surface area contributed by atoms with Crippen molar-refractivity contribution in [1.29, 1.82) is 0 Å². The number of thioether (sulfide) groups is 1. The zero-order valence-electron chi connectivity index (χ0n) is 27.8. The Labute approximate surface area is 297 Å². The highest BCUT2D eigenvalue weighted by Crippen LogP contribution is 2.35. The average Bonchev–Trinajstić information content (AvgIpc) is 3.79. The van der Waals surface area contributed by atoms with Crippen molar-refractivity contribution in [3.8, 4) is 5.75 Å². The summed E-state index contributed by atoms with van der Waals surface area (Å²) in [5, 5.41) is 24.6. The van der Waals surface area contributed by atoms with Gasteiger partial charge in [0.1, 0.15) is 19.0 Å². The van der Waals surface area contributed by atoms with Crippen LogP contribution in [0.1, 0.15) is 29.5 Å². The molecule has 2 saturated heterocycles. The number of hydrogen-bond donors (Lipinski definition) is 1. The topological polar surface area (TPSA) is 184 Å². The van der Waals surface area contributed by atoms with Gasteiger partial charge in [-0.1, -0.05) is 24.8 Å². The van der Waals surface area contributed by atoms with E-state index in [-0.39, 0.29) is 53.9 Å². The maximum atomic E-state index is 13.7. The first kappa shape index (κ1) is 36.6. The van der Waals surface area contributed by atoms with Crippen molar-refractivity contribution in [2.45, 2.75) is 49.1 Å². The molecule has 3 aromatic rings. The van der Waals surface area contributed by atoms with Gasteiger partial charge in [0.2, 0.25) is 0 Å². The van der Waals surface area contributed by atoms with Crippen LogP contribution in [0.25, 0.3) is 0 Å². The Balaban J connectivity index is 1.18. The number of ether oxygens (including phenoxy) is 3. The number of carbonyl (C=O) groups is 3. The summed E-state index contributed by atoms with van der Waals surface area (Å²) in [6, 6.07) is 18.0. The van der Waals surface area contributed by atoms with Crippen molar-refractivity contribution >= 4 is 41.2 Å². The lowest BCUT2D eigenvalue weighted by molar-refractivity contribution is -0.385. The van der Waals surface area contributed by atoms with Gasteiger partial charge in [-0.15, -0.1) is 0 Å². The summed E-state index contributed by atoms with van der Waals surface area (Å²) in [4.78, 5) is 63.6. The monoisotopic (exact) mass is 719 g/mol. The summed E-state index contributed by atoms with van der Waals surface area (Å²) < 4.78 is 16.4. The Kier molecular flexibility index (Phi) is 12.1. The number of para-hydroxylation sites is 1. The van der Waals surface area contributed by atoms with Gasteiger partial charge < -0.3 is 24.4 Å². The standard InChI is InChI=1S/C35H37N5O10S/c1-23(33(41)37-16-15-27(18-37)36-34(42)49-20-24-7-11-28(12-8-24)39(44)45)31-17-30(51-22-26-5-3-4-6-32(26)48-2)19-38(31)35(43)50-21-25-9-13-29(14-10-25)40(46)47/h3-14,27,30-31H,1,15-22H2,2H3,(H,36,42)/t27?,30-,31-/m0/s1. The molecule has 0 radical (unpaired) electrons. The molecule has 5 rings (SSSR count). The van der Waals surface area contributed by atoms with E-state index in [2.05, 4.69) is 11.9 Å². The number of nitrogens with one attached hydrogen (secondary N) is 1. The number of non-ortho nitro benzene ring substituents is 2. The number of likely N-dealkylation sites (tertiary alicyclic amines) is 2. The van der Waals surface area contributed by atoms with E-state index in [0.717, 1.165) is 11.3 Å². The lowest BCUT2D eigenvalue weighted by Crippen LogP contribution is -2.43. The molecular weight excluding hydrogens is 682 g/mol. The molecule has 2 aliphatic heterocycles. The maximum Gasteiger partial charge on any atom is 0.410 e. The molecule has 16 heteroatoms. The first-order valence-electron chi connectivity index (χ1n) is 16.1. The van der Waals surface area contributed by atoms with Crippen LogP contribution < -0.4 is 10.1 Å². The van der Waals surface area contributed by atoms with Crippen molar-refractivity contribution in [3.63, 3.8) is 0 Å². The molecule has 0 spiro atoms. The number of methoxy groups -OCH3 is 1. The van der Waals surface area contributed by atoms with Crippen LogP contribution in [0.3, 0.4) is 0 Å². The molecule has 2 heterocycles. The van der Waals surface area contributed by atoms with Crippen LogP contribution >= 0.6 is 11.8 Å². The van der Waals surface area contributed by atoms with E-state index in [4.69, 9.17) is 14.2 Å². The van der Waals surface area contributed by atoms with Crippen molar-refractivity contribution in [2.75, 3.05) is 26.7 Å². The van der Waals surface area contributed by atoms with Crippen molar-refractivity contribution in [1.82, 2.24) is 15.1 Å². The van der Waals surface area contributed by atoms with Crippen molar-refractivity contribution in [2.24, 2.45) is 0 Å². The molecule has 2 fully saturated rings. The maximum absolute atomic E-state index is 13.7. The summed E-state index contributed by atoms with van der Waals surface area (Å²) in [6.07, 6.45) is -0.375. The van der Waals surface area contributed by atoms with Gasteiger partial charge >= 0.3 is 12.2 Å². The third-order valence-corrected chi connectivity index (χ3v) is 9.96. The van der Waals surface area contributed by atoms with E-state index in [1.54, 1.807) is 23.8 Å². The Morgan fingerprint density at radius 3 is 2.12 bits per heavy atom. The molecule has 3 atom stereocenters. The van der Waals surface area contributed by atoms with E-state index in [9.17, 15) is 34.6 Å². The molecule has 15 nitrogen and oxygen atoms in total. The Morgan fingerprint density at radius 2 is 1.51 bits per heavy atom. The van der Waals surface area contributed by atoms with Crippen LogP contribution in [0.4, 0.5) is 21.0 Å². The van der Waals surface area contributed by atoms with Gasteiger partial charge in [-0.05, 0) is 54.3 Å². The molecule has 51 heavy (non-hydrogen) atoms. The molecular formula is C35H37N5O10S. The highest BCUT2D eigenvalue weighted by Gasteiger charge is 2.41. The molecule has 0 bridgehead atoms. The third-order valence-electron chi connectivity index (χ3n) is 8.67. The second kappa shape index (κ2) is 16.8. The molecule has 0 aromatic heterocycles. The number of benzene rings is 3. The fraction of sp³-hybridized carbons (Fsp3) is 0.343. The normalized spacial score (nSPS) is 18.2. The molecule has 268 valence electrons. The summed E-state index contributed by atoms with van der Waals surface area (Å²) in [5.41, 5.74) is 2.24. The molecule has 1 unspecified atom stereocenters. The van der Waals surface area contributed by atoms with Crippen LogP contribution in [-0.4, -0.2) is 81.8 Å². The smallest absolute Gasteiger partial charge is 0.410 e. The molecule has 1 N–H and O–H groups in total. The number of amides is 3. The van der Waals surface area contributed by atoms with Crippen LogP contribution in [0.15, 0.2) is 84.9 Å². The first-order chi connectivity index (χ1) is 24.5. The van der Waals surface area contributed by atoms with Crippen molar-refractivity contribution in [3.05, 3.63) is 122 Å². The second-order valence-corrected chi connectivity index (χ2v) is 13.3. The van der Waals surface area contributed by atoms with Crippen molar-refractivity contribution < 1.29 is 38.4 Å². The number of nitro benzene ring substituents is 2. The predicted octanol–water partition coefficient (Wildman–Crippen LogP) is 5.61. The predicted molar refractivity (Wildman–Crippen MR) is 187 cm³/mol. The summed E-state index contributed by atoms with van der Waals surface area (Å²) in [7, 11) is 1.61. The summed E-state index contributed by atoms with van der Waals surface area (Å²) in [5.74, 6) is 1.03. The number of alkyl carbamates (subject to hydrolysis) is 1. The van der Waals surface area contributed by atoms with E-state index in [1.807, 2.05) is 24.3 Å². The number of hydrogen-bond acceptors (Lipinski definition) is 11. The zero-order chi connectivity index (χ0) is 36.5. The number of nitro groups is 2. The summed E-state index contributed by atoms with van der Waals surface area (Å²) in [6.45, 7) is 4.80. The fourth-order valence-corrected chi connectivity index (χ4v) is 7.14. The molecule has 0 saturated carbocycles. The molecule has 3 aromatic carbocycles. The van der Waals surface area contributed by atoms with E-state index < -0.39 is 28.1 Å². The third kappa shape index (κ3) is 9.54.